The average Bonchev–Trinajstić information content (AvgIpc) is 3.37. The number of nitrogens with zero attached hydrogens (tertiary/aromatic N) is 2. The number of carbonyl (C=O) groups excluding carboxylic acids is 2. The Labute approximate surface area is 146 Å². The van der Waals surface area contributed by atoms with Gasteiger partial charge in [-0.05, 0) is 37.5 Å². The van der Waals surface area contributed by atoms with Crippen molar-refractivity contribution in [2.45, 2.75) is 51.4 Å². The Balaban J connectivity index is 1.31. The van der Waals surface area contributed by atoms with Crippen LogP contribution in [0.2, 0.25) is 0 Å². The molecule has 0 spiro atoms. The Hall–Kier alpha value is -1.43. The molecule has 130 valence electrons. The maximum Gasteiger partial charge on any atom is 0.229 e. The van der Waals surface area contributed by atoms with Crippen LogP contribution < -0.4 is 5.32 Å². The summed E-state index contributed by atoms with van der Waals surface area (Å²) in [7, 11) is 0. The molecule has 4 rings (SSSR count). The van der Waals surface area contributed by atoms with Crippen molar-refractivity contribution in [1.82, 2.24) is 9.88 Å². The number of likely N-dealkylation sites (tertiary alicyclic amines) is 1. The van der Waals surface area contributed by atoms with Crippen molar-refractivity contribution >= 4 is 28.3 Å². The normalized spacial score (nSPS) is 26.8. The van der Waals surface area contributed by atoms with Gasteiger partial charge in [-0.1, -0.05) is 19.3 Å². The number of carbonyl (C=O) groups is 2. The first-order valence-corrected chi connectivity index (χ1v) is 10.1. The van der Waals surface area contributed by atoms with Crippen LogP contribution in [-0.4, -0.2) is 34.8 Å². The van der Waals surface area contributed by atoms with Crippen LogP contribution in [0.25, 0.3) is 0 Å². The SMILES string of the molecule is O=C(Nc1nc(CC(=O)N2CC[C@H]3CCCC[C@H]3C2)cs1)C1CC1. The number of amides is 2. The fourth-order valence-electron chi connectivity index (χ4n) is 4.09. The lowest BCUT2D eigenvalue weighted by Gasteiger charge is -2.41. The van der Waals surface area contributed by atoms with E-state index in [9.17, 15) is 9.59 Å². The van der Waals surface area contributed by atoms with Gasteiger partial charge in [-0.15, -0.1) is 11.3 Å². The molecule has 2 aliphatic carbocycles. The third-order valence-electron chi connectivity index (χ3n) is 5.71. The summed E-state index contributed by atoms with van der Waals surface area (Å²) in [6.45, 7) is 1.83. The third-order valence-corrected chi connectivity index (χ3v) is 6.51. The number of anilines is 1. The van der Waals surface area contributed by atoms with Gasteiger partial charge in [-0.25, -0.2) is 4.98 Å². The van der Waals surface area contributed by atoms with E-state index >= 15 is 0 Å². The number of hydrogen-bond donors (Lipinski definition) is 1. The zero-order valence-electron chi connectivity index (χ0n) is 14.0. The molecule has 1 N–H and O–H groups in total. The van der Waals surface area contributed by atoms with Crippen LogP contribution in [0, 0.1) is 17.8 Å². The summed E-state index contributed by atoms with van der Waals surface area (Å²) >= 11 is 1.42. The zero-order valence-corrected chi connectivity index (χ0v) is 14.8. The number of piperidine rings is 1. The van der Waals surface area contributed by atoms with Gasteiger partial charge in [0.25, 0.3) is 0 Å². The van der Waals surface area contributed by atoms with Crippen molar-refractivity contribution in [3.63, 3.8) is 0 Å². The first kappa shape index (κ1) is 16.1. The molecule has 0 unspecified atom stereocenters. The van der Waals surface area contributed by atoms with Crippen molar-refractivity contribution in [3.8, 4) is 0 Å². The van der Waals surface area contributed by atoms with E-state index in [4.69, 9.17) is 0 Å². The standard InChI is InChI=1S/C18H25N3O2S/c22-16(21-8-7-12-3-1-2-4-14(12)10-21)9-15-11-24-18(19-15)20-17(23)13-5-6-13/h11-14H,1-10H2,(H,19,20,23)/t12-,14+/m1/s1. The van der Waals surface area contributed by atoms with E-state index < -0.39 is 0 Å². The van der Waals surface area contributed by atoms with Crippen molar-refractivity contribution in [1.29, 1.82) is 0 Å². The molecular weight excluding hydrogens is 322 g/mol. The summed E-state index contributed by atoms with van der Waals surface area (Å²) in [4.78, 5) is 30.8. The van der Waals surface area contributed by atoms with Gasteiger partial charge in [0.2, 0.25) is 11.8 Å². The van der Waals surface area contributed by atoms with Crippen LogP contribution in [-0.2, 0) is 16.0 Å². The third kappa shape index (κ3) is 3.63. The van der Waals surface area contributed by atoms with Crippen LogP contribution in [0.3, 0.4) is 0 Å². The van der Waals surface area contributed by atoms with E-state index in [0.29, 0.717) is 17.5 Å². The van der Waals surface area contributed by atoms with Crippen LogP contribution in [0.1, 0.15) is 50.6 Å². The largest absolute Gasteiger partial charge is 0.342 e. The summed E-state index contributed by atoms with van der Waals surface area (Å²) in [5.74, 6) is 1.98. The van der Waals surface area contributed by atoms with Crippen molar-refractivity contribution in [2.75, 3.05) is 18.4 Å². The highest BCUT2D eigenvalue weighted by Gasteiger charge is 2.33. The van der Waals surface area contributed by atoms with Crippen LogP contribution in [0.15, 0.2) is 5.38 Å². The zero-order chi connectivity index (χ0) is 16.5. The Morgan fingerprint density at radius 1 is 1.17 bits per heavy atom. The number of rotatable bonds is 4. The Morgan fingerprint density at radius 2 is 1.96 bits per heavy atom. The molecule has 0 bridgehead atoms. The van der Waals surface area contributed by atoms with Gasteiger partial charge in [0.15, 0.2) is 5.13 Å². The van der Waals surface area contributed by atoms with E-state index in [1.807, 2.05) is 10.3 Å². The quantitative estimate of drug-likeness (QED) is 0.910. The second-order valence-electron chi connectivity index (χ2n) is 7.52. The predicted octanol–water partition coefficient (Wildman–Crippen LogP) is 3.07. The molecule has 5 nitrogen and oxygen atoms in total. The van der Waals surface area contributed by atoms with Crippen molar-refractivity contribution in [2.24, 2.45) is 17.8 Å². The average molecular weight is 347 g/mol. The van der Waals surface area contributed by atoms with Crippen LogP contribution in [0.5, 0.6) is 0 Å². The lowest BCUT2D eigenvalue weighted by atomic mass is 9.75. The molecule has 1 aromatic heterocycles. The monoisotopic (exact) mass is 347 g/mol. The van der Waals surface area contributed by atoms with Gasteiger partial charge in [-0.3, -0.25) is 9.59 Å². The van der Waals surface area contributed by atoms with E-state index in [0.717, 1.165) is 44.0 Å². The summed E-state index contributed by atoms with van der Waals surface area (Å²) in [6.07, 6.45) is 8.80. The molecule has 0 aromatic carbocycles. The molecular formula is C18H25N3O2S. The summed E-state index contributed by atoms with van der Waals surface area (Å²) in [6, 6.07) is 0. The summed E-state index contributed by atoms with van der Waals surface area (Å²) in [5, 5.41) is 5.38. The molecule has 0 radical (unpaired) electrons. The minimum Gasteiger partial charge on any atom is -0.342 e. The second kappa shape index (κ2) is 6.82. The van der Waals surface area contributed by atoms with Crippen LogP contribution >= 0.6 is 11.3 Å². The Kier molecular flexibility index (Phi) is 4.57. The first-order chi connectivity index (χ1) is 11.7. The van der Waals surface area contributed by atoms with Gasteiger partial charge >= 0.3 is 0 Å². The van der Waals surface area contributed by atoms with E-state index in [2.05, 4.69) is 10.3 Å². The van der Waals surface area contributed by atoms with Gasteiger partial charge in [0, 0.05) is 24.4 Å². The molecule has 1 aromatic rings. The lowest BCUT2D eigenvalue weighted by molar-refractivity contribution is -0.133. The highest BCUT2D eigenvalue weighted by atomic mass is 32.1. The Bertz CT molecular complexity index is 626. The second-order valence-corrected chi connectivity index (χ2v) is 8.38. The fourth-order valence-corrected chi connectivity index (χ4v) is 4.81. The molecule has 1 aliphatic heterocycles. The first-order valence-electron chi connectivity index (χ1n) is 9.22. The summed E-state index contributed by atoms with van der Waals surface area (Å²) in [5.41, 5.74) is 0.780. The number of thiazole rings is 1. The number of hydrogen-bond acceptors (Lipinski definition) is 4. The summed E-state index contributed by atoms with van der Waals surface area (Å²) < 4.78 is 0. The molecule has 24 heavy (non-hydrogen) atoms. The van der Waals surface area contributed by atoms with Gasteiger partial charge < -0.3 is 10.2 Å². The maximum atomic E-state index is 12.6. The molecule has 1 saturated heterocycles. The molecule has 3 fully saturated rings. The van der Waals surface area contributed by atoms with E-state index in [1.165, 1.54) is 37.0 Å². The Morgan fingerprint density at radius 3 is 2.75 bits per heavy atom. The maximum absolute atomic E-state index is 12.6. The molecule has 3 aliphatic rings. The van der Waals surface area contributed by atoms with Gasteiger partial charge in [-0.2, -0.15) is 0 Å². The highest BCUT2D eigenvalue weighted by Crippen LogP contribution is 2.36. The van der Waals surface area contributed by atoms with Gasteiger partial charge in [0.1, 0.15) is 0 Å². The smallest absolute Gasteiger partial charge is 0.229 e. The minimum absolute atomic E-state index is 0.0709. The van der Waals surface area contributed by atoms with Crippen LogP contribution in [0.4, 0.5) is 5.13 Å². The lowest BCUT2D eigenvalue weighted by Crippen LogP contribution is -2.45. The molecule has 2 heterocycles. The number of aromatic nitrogens is 1. The molecule has 2 saturated carbocycles. The van der Waals surface area contributed by atoms with Gasteiger partial charge in [0.05, 0.1) is 12.1 Å². The molecule has 2 atom stereocenters. The number of fused-ring (bicyclic) bond motifs is 1. The van der Waals surface area contributed by atoms with E-state index in [1.54, 1.807) is 0 Å². The topological polar surface area (TPSA) is 62.3 Å². The van der Waals surface area contributed by atoms with Crippen molar-refractivity contribution < 1.29 is 9.59 Å². The van der Waals surface area contributed by atoms with E-state index in [-0.39, 0.29) is 17.7 Å². The predicted molar refractivity (Wildman–Crippen MR) is 93.8 cm³/mol. The molecule has 2 amide bonds. The highest BCUT2D eigenvalue weighted by molar-refractivity contribution is 7.13. The minimum atomic E-state index is 0.0709. The molecule has 6 heteroatoms. The van der Waals surface area contributed by atoms with Crippen molar-refractivity contribution in [3.05, 3.63) is 11.1 Å². The fraction of sp³-hybridized carbons (Fsp3) is 0.722. The number of nitrogens with one attached hydrogen (secondary N) is 1.